The fraction of sp³-hybridized carbons (Fsp3) is 0.348. The molecule has 0 unspecified atom stereocenters. The molecule has 7 nitrogen and oxygen atoms in total. The van der Waals surface area contributed by atoms with Gasteiger partial charge in [-0.25, -0.2) is 9.69 Å². The molecule has 0 bridgehead atoms. The van der Waals surface area contributed by atoms with E-state index in [2.05, 4.69) is 15.9 Å². The van der Waals surface area contributed by atoms with Gasteiger partial charge in [0.05, 0.1) is 30.9 Å². The summed E-state index contributed by atoms with van der Waals surface area (Å²) in [5, 5.41) is 0.403. The van der Waals surface area contributed by atoms with Gasteiger partial charge in [-0.2, -0.15) is 0 Å². The number of urea groups is 1. The highest BCUT2D eigenvalue weighted by atomic mass is 79.9. The summed E-state index contributed by atoms with van der Waals surface area (Å²) in [5.74, 6) is -1.66. The van der Waals surface area contributed by atoms with Crippen LogP contribution in [0.1, 0.15) is 25.5 Å². The SMILES string of the molecule is CCOC(=O)[C@@H]1[C@H]2COc3ccc(Br)cc3[C@H]2N2C(=O)N(c3cccc(Cl)c3)C(=O)[C@]12C. The number of hydrogen-bond acceptors (Lipinski definition) is 5. The second kappa shape index (κ2) is 7.49. The molecule has 0 saturated carbocycles. The van der Waals surface area contributed by atoms with Crippen LogP contribution in [0.2, 0.25) is 5.02 Å². The number of amides is 3. The van der Waals surface area contributed by atoms with Gasteiger partial charge in [0.1, 0.15) is 11.3 Å². The number of nitrogens with zero attached hydrogens (tertiary/aromatic N) is 2. The first kappa shape index (κ1) is 21.3. The van der Waals surface area contributed by atoms with Crippen molar-refractivity contribution in [2.75, 3.05) is 18.1 Å². The molecule has 3 amide bonds. The van der Waals surface area contributed by atoms with Crippen molar-refractivity contribution in [1.29, 1.82) is 0 Å². The molecule has 32 heavy (non-hydrogen) atoms. The number of esters is 1. The fourth-order valence-corrected chi connectivity index (χ4v) is 5.87. The van der Waals surface area contributed by atoms with Crippen LogP contribution in [0.4, 0.5) is 10.5 Å². The van der Waals surface area contributed by atoms with Crippen molar-refractivity contribution in [2.24, 2.45) is 11.8 Å². The maximum atomic E-state index is 13.8. The molecule has 2 fully saturated rings. The van der Waals surface area contributed by atoms with Crippen LogP contribution in [-0.2, 0) is 14.3 Å². The van der Waals surface area contributed by atoms with Gasteiger partial charge in [-0.05, 0) is 50.2 Å². The summed E-state index contributed by atoms with van der Waals surface area (Å²) in [4.78, 5) is 43.4. The summed E-state index contributed by atoms with van der Waals surface area (Å²) in [5.41, 5.74) is -0.305. The highest BCUT2D eigenvalue weighted by Crippen LogP contribution is 2.58. The first-order valence-corrected chi connectivity index (χ1v) is 11.5. The quantitative estimate of drug-likeness (QED) is 0.439. The van der Waals surface area contributed by atoms with Crippen LogP contribution in [0.5, 0.6) is 5.75 Å². The number of benzene rings is 2. The summed E-state index contributed by atoms with van der Waals surface area (Å²) in [6.45, 7) is 3.74. The lowest BCUT2D eigenvalue weighted by molar-refractivity contribution is -0.154. The summed E-state index contributed by atoms with van der Waals surface area (Å²) >= 11 is 9.61. The Kier molecular flexibility index (Phi) is 4.98. The Morgan fingerprint density at radius 1 is 1.28 bits per heavy atom. The molecule has 3 aliphatic heterocycles. The molecule has 0 aromatic heterocycles. The molecular formula is C23H20BrClN2O5. The van der Waals surface area contributed by atoms with Gasteiger partial charge in [0, 0.05) is 21.0 Å². The Hall–Kier alpha value is -2.58. The van der Waals surface area contributed by atoms with Gasteiger partial charge in [-0.15, -0.1) is 0 Å². The van der Waals surface area contributed by atoms with Gasteiger partial charge in [-0.3, -0.25) is 9.59 Å². The van der Waals surface area contributed by atoms with E-state index < -0.39 is 41.3 Å². The van der Waals surface area contributed by atoms with E-state index in [1.54, 1.807) is 38.1 Å². The monoisotopic (exact) mass is 518 g/mol. The molecule has 166 valence electrons. The standard InChI is InChI=1S/C23H20BrClN2O5/c1-3-31-20(28)18-16-11-32-17-8-7-12(24)9-15(17)19(16)27-22(30)26(21(29)23(18,27)2)14-6-4-5-13(25)10-14/h4-10,16,18-19H,3,11H2,1-2H3/t16-,18+,19-,23+/m1/s1. The average Bonchev–Trinajstić information content (AvgIpc) is 3.13. The van der Waals surface area contributed by atoms with Gasteiger partial charge in [-0.1, -0.05) is 33.6 Å². The molecule has 0 spiro atoms. The van der Waals surface area contributed by atoms with Gasteiger partial charge in [0.15, 0.2) is 0 Å². The highest BCUT2D eigenvalue weighted by molar-refractivity contribution is 9.10. The molecular weight excluding hydrogens is 500 g/mol. The van der Waals surface area contributed by atoms with Crippen molar-refractivity contribution < 1.29 is 23.9 Å². The second-order valence-corrected chi connectivity index (χ2v) is 9.60. The largest absolute Gasteiger partial charge is 0.493 e. The number of carbonyl (C=O) groups is 3. The van der Waals surface area contributed by atoms with Crippen LogP contribution in [0.15, 0.2) is 46.9 Å². The number of carbonyl (C=O) groups excluding carboxylic acids is 3. The number of anilines is 1. The molecule has 9 heteroatoms. The van der Waals surface area contributed by atoms with E-state index in [4.69, 9.17) is 21.1 Å². The predicted molar refractivity (Wildman–Crippen MR) is 121 cm³/mol. The number of fused-ring (bicyclic) bond motifs is 5. The molecule has 0 aliphatic carbocycles. The Bertz CT molecular complexity index is 1160. The van der Waals surface area contributed by atoms with Gasteiger partial charge in [0.2, 0.25) is 0 Å². The van der Waals surface area contributed by atoms with Gasteiger partial charge in [0.25, 0.3) is 5.91 Å². The molecule has 2 saturated heterocycles. The smallest absolute Gasteiger partial charge is 0.332 e. The highest BCUT2D eigenvalue weighted by Gasteiger charge is 2.72. The van der Waals surface area contributed by atoms with Crippen molar-refractivity contribution in [3.8, 4) is 5.75 Å². The lowest BCUT2D eigenvalue weighted by atomic mass is 9.77. The molecule has 4 atom stereocenters. The number of hydrogen-bond donors (Lipinski definition) is 0. The predicted octanol–water partition coefficient (Wildman–Crippen LogP) is 4.57. The molecule has 0 N–H and O–H groups in total. The Balaban J connectivity index is 1.70. The topological polar surface area (TPSA) is 76.2 Å². The molecule has 5 rings (SSSR count). The molecule has 2 aromatic carbocycles. The van der Waals surface area contributed by atoms with Crippen molar-refractivity contribution in [2.45, 2.75) is 25.4 Å². The number of halogens is 2. The minimum Gasteiger partial charge on any atom is -0.493 e. The minimum absolute atomic E-state index is 0.173. The summed E-state index contributed by atoms with van der Waals surface area (Å²) in [6, 6.07) is 11.1. The summed E-state index contributed by atoms with van der Waals surface area (Å²) < 4.78 is 12.1. The Morgan fingerprint density at radius 3 is 2.78 bits per heavy atom. The normalized spacial score (nSPS) is 28.2. The third kappa shape index (κ3) is 2.82. The number of ether oxygens (including phenoxy) is 2. The third-order valence-electron chi connectivity index (χ3n) is 6.58. The van der Waals surface area contributed by atoms with Crippen LogP contribution in [-0.4, -0.2) is 41.6 Å². The van der Waals surface area contributed by atoms with Crippen LogP contribution >= 0.6 is 27.5 Å². The second-order valence-electron chi connectivity index (χ2n) is 8.25. The van der Waals surface area contributed by atoms with Crippen LogP contribution in [0.25, 0.3) is 0 Å². The lowest BCUT2D eigenvalue weighted by Gasteiger charge is -2.34. The van der Waals surface area contributed by atoms with Crippen molar-refractivity contribution in [1.82, 2.24) is 4.90 Å². The third-order valence-corrected chi connectivity index (χ3v) is 7.31. The van der Waals surface area contributed by atoms with E-state index in [9.17, 15) is 14.4 Å². The number of rotatable bonds is 3. The summed E-state index contributed by atoms with van der Waals surface area (Å²) in [6.07, 6.45) is 0. The van der Waals surface area contributed by atoms with E-state index in [-0.39, 0.29) is 13.2 Å². The van der Waals surface area contributed by atoms with Crippen molar-refractivity contribution >= 4 is 51.1 Å². The Labute approximate surface area is 198 Å². The maximum Gasteiger partial charge on any atom is 0.332 e. The van der Waals surface area contributed by atoms with E-state index in [0.717, 1.165) is 14.9 Å². The number of imide groups is 1. The van der Waals surface area contributed by atoms with Gasteiger partial charge < -0.3 is 14.4 Å². The van der Waals surface area contributed by atoms with Crippen LogP contribution in [0, 0.1) is 11.8 Å². The van der Waals surface area contributed by atoms with Gasteiger partial charge >= 0.3 is 12.0 Å². The summed E-state index contributed by atoms with van der Waals surface area (Å²) in [7, 11) is 0. The molecule has 3 heterocycles. The zero-order valence-corrected chi connectivity index (χ0v) is 19.7. The zero-order chi connectivity index (χ0) is 22.8. The fourth-order valence-electron chi connectivity index (χ4n) is 5.31. The van der Waals surface area contributed by atoms with Crippen molar-refractivity contribution in [3.05, 3.63) is 57.5 Å². The first-order chi connectivity index (χ1) is 15.3. The van der Waals surface area contributed by atoms with E-state index >= 15 is 0 Å². The lowest BCUT2D eigenvalue weighted by Crippen LogP contribution is -2.51. The van der Waals surface area contributed by atoms with E-state index in [1.807, 2.05) is 18.2 Å². The molecule has 0 radical (unpaired) electrons. The first-order valence-electron chi connectivity index (χ1n) is 10.3. The average molecular weight is 520 g/mol. The van der Waals surface area contributed by atoms with Crippen molar-refractivity contribution in [3.63, 3.8) is 0 Å². The van der Waals surface area contributed by atoms with E-state index in [1.165, 1.54) is 4.90 Å². The van der Waals surface area contributed by atoms with Crippen LogP contribution in [0.3, 0.4) is 0 Å². The van der Waals surface area contributed by atoms with Crippen LogP contribution < -0.4 is 9.64 Å². The maximum absolute atomic E-state index is 13.8. The minimum atomic E-state index is -1.42. The molecule has 2 aromatic rings. The Morgan fingerprint density at radius 2 is 2.06 bits per heavy atom. The van der Waals surface area contributed by atoms with E-state index in [0.29, 0.717) is 16.5 Å². The zero-order valence-electron chi connectivity index (χ0n) is 17.4. The molecule has 3 aliphatic rings.